The summed E-state index contributed by atoms with van der Waals surface area (Å²) in [5.74, 6) is -0.868. The third kappa shape index (κ3) is 18.1. The van der Waals surface area contributed by atoms with Crippen LogP contribution in [-0.2, 0) is 33.4 Å². The molecule has 0 spiro atoms. The first-order chi connectivity index (χ1) is 9.87. The summed E-state index contributed by atoms with van der Waals surface area (Å²) in [5.41, 5.74) is 0. The highest BCUT2D eigenvalue weighted by Gasteiger charge is 2.02. The van der Waals surface area contributed by atoms with Crippen molar-refractivity contribution < 1.29 is 33.4 Å². The molecule has 0 aliphatic rings. The molecule has 0 aliphatic carbocycles. The maximum Gasteiger partial charge on any atom is 0.308 e. The van der Waals surface area contributed by atoms with Crippen molar-refractivity contribution in [2.75, 3.05) is 20.3 Å². The lowest BCUT2D eigenvalue weighted by Crippen LogP contribution is -2.09. The molecule has 7 heteroatoms. The molecule has 0 radical (unpaired) electrons. The number of methoxy groups -OCH3 is 1. The molecule has 0 heterocycles. The molecule has 0 N–H and O–H groups in total. The molecule has 21 heavy (non-hydrogen) atoms. The average Bonchev–Trinajstić information content (AvgIpc) is 2.46. The first kappa shape index (κ1) is 21.4. The van der Waals surface area contributed by atoms with Gasteiger partial charge in [-0.25, -0.2) is 0 Å². The zero-order chi connectivity index (χ0) is 16.7. The molecule has 0 atom stereocenters. The quantitative estimate of drug-likeness (QED) is 0.494. The van der Waals surface area contributed by atoms with Gasteiger partial charge in [-0.2, -0.15) is 0 Å². The van der Waals surface area contributed by atoms with Crippen LogP contribution in [-0.4, -0.2) is 44.0 Å². The first-order valence-corrected chi connectivity index (χ1v) is 6.74. The highest BCUT2D eigenvalue weighted by Crippen LogP contribution is 1.89. The third-order valence-electron chi connectivity index (χ3n) is 2.09. The Bertz CT molecular complexity index is 320. The van der Waals surface area contributed by atoms with E-state index in [4.69, 9.17) is 0 Å². The van der Waals surface area contributed by atoms with Gasteiger partial charge < -0.3 is 14.2 Å². The van der Waals surface area contributed by atoms with E-state index in [1.165, 1.54) is 14.0 Å². The molecule has 122 valence electrons. The fraction of sp³-hybridized carbons (Fsp3) is 0.714. The molecule has 0 aromatic rings. The van der Waals surface area contributed by atoms with Crippen LogP contribution in [0.3, 0.4) is 0 Å². The van der Waals surface area contributed by atoms with Crippen LogP contribution < -0.4 is 0 Å². The molecule has 0 rings (SSSR count). The number of ketones is 1. The number of Topliss-reactive ketones (excluding diaryl/α,β-unsaturated/α-hetero) is 1. The fourth-order valence-electron chi connectivity index (χ4n) is 0.863. The molecule has 0 saturated carbocycles. The molecule has 0 amide bonds. The van der Waals surface area contributed by atoms with Gasteiger partial charge in [-0.3, -0.25) is 19.2 Å². The second-order valence-corrected chi connectivity index (χ2v) is 3.93. The zero-order valence-electron chi connectivity index (χ0n) is 13.1. The molecule has 0 fully saturated rings. The topological polar surface area (TPSA) is 96.0 Å². The van der Waals surface area contributed by atoms with Crippen molar-refractivity contribution in [2.45, 2.75) is 46.5 Å². The third-order valence-corrected chi connectivity index (χ3v) is 2.09. The van der Waals surface area contributed by atoms with E-state index in [9.17, 15) is 19.2 Å². The van der Waals surface area contributed by atoms with Gasteiger partial charge in [0.25, 0.3) is 0 Å². The van der Waals surface area contributed by atoms with Crippen molar-refractivity contribution in [1.82, 2.24) is 0 Å². The SMILES string of the molecule is CCC(=O)OCCC(=O)OC.CCC(=O)OCCC(C)=O. The van der Waals surface area contributed by atoms with Crippen molar-refractivity contribution in [3.63, 3.8) is 0 Å². The Morgan fingerprint density at radius 3 is 1.52 bits per heavy atom. The summed E-state index contributed by atoms with van der Waals surface area (Å²) in [4.78, 5) is 41.8. The van der Waals surface area contributed by atoms with Crippen LogP contribution >= 0.6 is 0 Å². The van der Waals surface area contributed by atoms with Crippen molar-refractivity contribution in [3.05, 3.63) is 0 Å². The van der Waals surface area contributed by atoms with Gasteiger partial charge in [-0.1, -0.05) is 13.8 Å². The van der Waals surface area contributed by atoms with E-state index in [-0.39, 0.29) is 43.3 Å². The van der Waals surface area contributed by atoms with E-state index >= 15 is 0 Å². The Morgan fingerprint density at radius 1 is 0.762 bits per heavy atom. The predicted octanol–water partition coefficient (Wildman–Crippen LogP) is 1.42. The van der Waals surface area contributed by atoms with E-state index < -0.39 is 0 Å². The van der Waals surface area contributed by atoms with E-state index in [2.05, 4.69) is 14.2 Å². The maximum absolute atomic E-state index is 10.5. The van der Waals surface area contributed by atoms with Crippen LogP contribution in [0.4, 0.5) is 0 Å². The Balaban J connectivity index is 0. The zero-order valence-corrected chi connectivity index (χ0v) is 13.1. The number of carbonyl (C=O) groups is 4. The standard InChI is InChI=1S/C7H12O4.C7H12O3/c1-3-6(8)11-5-4-7(9)10-2;1-3-7(9)10-5-4-6(2)8/h3-5H2,1-2H3;3-5H2,1-2H3. The Morgan fingerprint density at radius 2 is 1.19 bits per heavy atom. The molecular weight excluding hydrogens is 280 g/mol. The van der Waals surface area contributed by atoms with Crippen molar-refractivity contribution in [2.24, 2.45) is 0 Å². The van der Waals surface area contributed by atoms with Crippen molar-refractivity contribution in [1.29, 1.82) is 0 Å². The first-order valence-electron chi connectivity index (χ1n) is 6.74. The lowest BCUT2D eigenvalue weighted by atomic mass is 10.3. The van der Waals surface area contributed by atoms with Gasteiger partial charge in [-0.15, -0.1) is 0 Å². The molecule has 0 aromatic heterocycles. The van der Waals surface area contributed by atoms with Gasteiger partial charge in [-0.05, 0) is 6.92 Å². The number of ether oxygens (including phenoxy) is 3. The van der Waals surface area contributed by atoms with E-state index in [1.54, 1.807) is 13.8 Å². The number of hydrogen-bond donors (Lipinski definition) is 0. The summed E-state index contributed by atoms with van der Waals surface area (Å²) in [6.07, 6.45) is 1.16. The van der Waals surface area contributed by atoms with Gasteiger partial charge in [0.2, 0.25) is 0 Å². The van der Waals surface area contributed by atoms with Gasteiger partial charge in [0.05, 0.1) is 20.1 Å². The van der Waals surface area contributed by atoms with Gasteiger partial charge >= 0.3 is 17.9 Å². The number of esters is 3. The number of hydrogen-bond acceptors (Lipinski definition) is 7. The van der Waals surface area contributed by atoms with Gasteiger partial charge in [0.15, 0.2) is 0 Å². The lowest BCUT2D eigenvalue weighted by molar-refractivity contribution is -0.148. The minimum absolute atomic E-state index is 0.0453. The molecule has 0 aliphatic heterocycles. The summed E-state index contributed by atoms with van der Waals surface area (Å²) < 4.78 is 13.6. The average molecular weight is 304 g/mol. The molecule has 0 unspecified atom stereocenters. The Hall–Kier alpha value is -1.92. The predicted molar refractivity (Wildman–Crippen MR) is 74.4 cm³/mol. The van der Waals surface area contributed by atoms with Crippen LogP contribution in [0.2, 0.25) is 0 Å². The number of rotatable bonds is 8. The summed E-state index contributed by atoms with van der Waals surface area (Å²) in [6.45, 7) is 5.22. The molecule has 0 bridgehead atoms. The maximum atomic E-state index is 10.5. The molecule has 0 saturated heterocycles. The van der Waals surface area contributed by atoms with Crippen LogP contribution in [0.5, 0.6) is 0 Å². The van der Waals surface area contributed by atoms with Crippen molar-refractivity contribution >= 4 is 23.7 Å². The summed E-state index contributed by atoms with van der Waals surface area (Å²) in [5, 5.41) is 0. The van der Waals surface area contributed by atoms with Gasteiger partial charge in [0, 0.05) is 19.3 Å². The van der Waals surface area contributed by atoms with Crippen molar-refractivity contribution in [3.8, 4) is 0 Å². The summed E-state index contributed by atoms with van der Waals surface area (Å²) in [6, 6.07) is 0. The molecular formula is C14H24O7. The molecule has 0 aromatic carbocycles. The van der Waals surface area contributed by atoms with Crippen LogP contribution in [0.1, 0.15) is 46.5 Å². The minimum Gasteiger partial charge on any atom is -0.469 e. The van der Waals surface area contributed by atoms with E-state index in [1.807, 2.05) is 0 Å². The van der Waals surface area contributed by atoms with Gasteiger partial charge in [0.1, 0.15) is 12.4 Å². The largest absolute Gasteiger partial charge is 0.469 e. The lowest BCUT2D eigenvalue weighted by Gasteiger charge is -2.00. The second-order valence-electron chi connectivity index (χ2n) is 3.93. The second kappa shape index (κ2) is 14.5. The highest BCUT2D eigenvalue weighted by molar-refractivity contribution is 5.76. The monoisotopic (exact) mass is 304 g/mol. The number of carbonyl (C=O) groups excluding carboxylic acids is 4. The minimum atomic E-state index is -0.367. The normalized spacial score (nSPS) is 8.95. The Labute approximate surface area is 124 Å². The smallest absolute Gasteiger partial charge is 0.308 e. The van der Waals surface area contributed by atoms with Crippen LogP contribution in [0, 0.1) is 0 Å². The van der Waals surface area contributed by atoms with E-state index in [0.29, 0.717) is 19.3 Å². The summed E-state index contributed by atoms with van der Waals surface area (Å²) in [7, 11) is 1.30. The highest BCUT2D eigenvalue weighted by atomic mass is 16.5. The van der Waals surface area contributed by atoms with Crippen LogP contribution in [0.15, 0.2) is 0 Å². The fourth-order valence-corrected chi connectivity index (χ4v) is 0.863. The van der Waals surface area contributed by atoms with E-state index in [0.717, 1.165) is 0 Å². The van der Waals surface area contributed by atoms with Crippen LogP contribution in [0.25, 0.3) is 0 Å². The Kier molecular flexibility index (Phi) is 14.8. The summed E-state index contributed by atoms with van der Waals surface area (Å²) >= 11 is 0. The molecule has 7 nitrogen and oxygen atoms in total.